The summed E-state index contributed by atoms with van der Waals surface area (Å²) >= 11 is 6.05. The monoisotopic (exact) mass is 330 g/mol. The summed E-state index contributed by atoms with van der Waals surface area (Å²) < 4.78 is 5.19. The number of piperazine rings is 1. The van der Waals surface area contributed by atoms with Gasteiger partial charge in [0.25, 0.3) is 5.91 Å². The van der Waals surface area contributed by atoms with Gasteiger partial charge in [-0.15, -0.1) is 0 Å². The quantitative estimate of drug-likeness (QED) is 0.865. The van der Waals surface area contributed by atoms with Crippen LogP contribution in [0.15, 0.2) is 48.5 Å². The zero-order valence-electron chi connectivity index (χ0n) is 13.0. The minimum absolute atomic E-state index is 0.0506. The molecule has 0 saturated carbocycles. The van der Waals surface area contributed by atoms with Crippen molar-refractivity contribution in [3.63, 3.8) is 0 Å². The van der Waals surface area contributed by atoms with Crippen molar-refractivity contribution in [3.8, 4) is 5.75 Å². The zero-order valence-corrected chi connectivity index (χ0v) is 13.8. The third-order valence-electron chi connectivity index (χ3n) is 4.06. The molecule has 2 aromatic rings. The highest BCUT2D eigenvalue weighted by atomic mass is 35.5. The van der Waals surface area contributed by atoms with Crippen molar-refractivity contribution in [1.29, 1.82) is 0 Å². The smallest absolute Gasteiger partial charge is 0.254 e. The van der Waals surface area contributed by atoms with E-state index >= 15 is 0 Å². The number of benzene rings is 2. The number of carbonyl (C=O) groups excluding carboxylic acids is 1. The van der Waals surface area contributed by atoms with Crippen molar-refractivity contribution in [1.82, 2.24) is 4.90 Å². The van der Waals surface area contributed by atoms with Gasteiger partial charge in [0.15, 0.2) is 0 Å². The minimum Gasteiger partial charge on any atom is -0.497 e. The van der Waals surface area contributed by atoms with Crippen LogP contribution in [0.1, 0.15) is 10.4 Å². The molecule has 3 rings (SSSR count). The Bertz CT molecular complexity index is 697. The Hall–Kier alpha value is -2.20. The lowest BCUT2D eigenvalue weighted by atomic mass is 10.1. The molecule has 5 heteroatoms. The molecular weight excluding hydrogens is 312 g/mol. The first kappa shape index (κ1) is 15.7. The Morgan fingerprint density at radius 1 is 1.04 bits per heavy atom. The van der Waals surface area contributed by atoms with E-state index in [1.807, 2.05) is 47.4 Å². The fraction of sp³-hybridized carbons (Fsp3) is 0.278. The highest BCUT2D eigenvalue weighted by Crippen LogP contribution is 2.21. The van der Waals surface area contributed by atoms with Crippen LogP contribution in [0.5, 0.6) is 5.75 Å². The van der Waals surface area contributed by atoms with Gasteiger partial charge in [0.2, 0.25) is 0 Å². The molecule has 0 unspecified atom stereocenters. The molecule has 120 valence electrons. The van der Waals surface area contributed by atoms with Gasteiger partial charge in [-0.1, -0.05) is 23.7 Å². The van der Waals surface area contributed by atoms with Gasteiger partial charge in [-0.2, -0.15) is 0 Å². The van der Waals surface area contributed by atoms with Crippen molar-refractivity contribution in [2.75, 3.05) is 38.2 Å². The predicted molar refractivity (Wildman–Crippen MR) is 92.6 cm³/mol. The number of ether oxygens (including phenoxy) is 1. The van der Waals surface area contributed by atoms with Crippen LogP contribution in [0.3, 0.4) is 0 Å². The average Bonchev–Trinajstić information content (AvgIpc) is 2.61. The molecule has 1 heterocycles. The summed E-state index contributed by atoms with van der Waals surface area (Å²) in [5, 5.41) is 0.734. The summed E-state index contributed by atoms with van der Waals surface area (Å²) in [6.07, 6.45) is 0. The highest BCUT2D eigenvalue weighted by molar-refractivity contribution is 6.30. The van der Waals surface area contributed by atoms with E-state index in [0.29, 0.717) is 24.4 Å². The van der Waals surface area contributed by atoms with Gasteiger partial charge in [0, 0.05) is 42.5 Å². The van der Waals surface area contributed by atoms with Crippen molar-refractivity contribution in [2.24, 2.45) is 0 Å². The standard InChI is InChI=1S/C18H19ClN2O2/c1-23-17-7-2-4-14(12-17)18(22)21-10-8-20(9-11-21)16-6-3-5-15(19)13-16/h2-7,12-13H,8-11H2,1H3. The van der Waals surface area contributed by atoms with E-state index in [1.54, 1.807) is 13.2 Å². The van der Waals surface area contributed by atoms with Gasteiger partial charge in [-0.25, -0.2) is 0 Å². The normalized spacial score (nSPS) is 14.7. The SMILES string of the molecule is COc1cccc(C(=O)N2CCN(c3cccc(Cl)c3)CC2)c1. The molecule has 0 spiro atoms. The van der Waals surface area contributed by atoms with Gasteiger partial charge in [0.1, 0.15) is 5.75 Å². The van der Waals surface area contributed by atoms with E-state index in [9.17, 15) is 4.79 Å². The van der Waals surface area contributed by atoms with Crippen LogP contribution in [0.25, 0.3) is 0 Å². The molecule has 0 N–H and O–H groups in total. The van der Waals surface area contributed by atoms with Crippen LogP contribution in [-0.4, -0.2) is 44.1 Å². The number of hydrogen-bond acceptors (Lipinski definition) is 3. The molecule has 0 atom stereocenters. The first-order chi connectivity index (χ1) is 11.2. The third kappa shape index (κ3) is 3.59. The molecule has 1 saturated heterocycles. The number of anilines is 1. The Kier molecular flexibility index (Phi) is 4.72. The summed E-state index contributed by atoms with van der Waals surface area (Å²) in [5.41, 5.74) is 1.77. The molecule has 0 bridgehead atoms. The van der Waals surface area contributed by atoms with Gasteiger partial charge >= 0.3 is 0 Å². The van der Waals surface area contributed by atoms with Gasteiger partial charge in [0.05, 0.1) is 7.11 Å². The molecule has 2 aromatic carbocycles. The van der Waals surface area contributed by atoms with Crippen LogP contribution in [0.4, 0.5) is 5.69 Å². The summed E-state index contributed by atoms with van der Waals surface area (Å²) in [7, 11) is 1.60. The summed E-state index contributed by atoms with van der Waals surface area (Å²) in [6, 6.07) is 15.1. The fourth-order valence-corrected chi connectivity index (χ4v) is 2.96. The number of rotatable bonds is 3. The first-order valence-electron chi connectivity index (χ1n) is 7.61. The minimum atomic E-state index is 0.0506. The van der Waals surface area contributed by atoms with Crippen LogP contribution in [0.2, 0.25) is 5.02 Å². The van der Waals surface area contributed by atoms with Crippen LogP contribution < -0.4 is 9.64 Å². The van der Waals surface area contributed by atoms with Gasteiger partial charge < -0.3 is 14.5 Å². The Morgan fingerprint density at radius 3 is 2.48 bits per heavy atom. The Balaban J connectivity index is 1.65. The van der Waals surface area contributed by atoms with Gasteiger partial charge in [-0.3, -0.25) is 4.79 Å². The van der Waals surface area contributed by atoms with E-state index in [4.69, 9.17) is 16.3 Å². The summed E-state index contributed by atoms with van der Waals surface area (Å²) in [4.78, 5) is 16.7. The fourth-order valence-electron chi connectivity index (χ4n) is 2.78. The van der Waals surface area contributed by atoms with E-state index in [0.717, 1.165) is 23.8 Å². The van der Waals surface area contributed by atoms with Gasteiger partial charge in [-0.05, 0) is 36.4 Å². The second-order valence-corrected chi connectivity index (χ2v) is 5.93. The van der Waals surface area contributed by atoms with E-state index in [1.165, 1.54) is 0 Å². The third-order valence-corrected chi connectivity index (χ3v) is 4.29. The van der Waals surface area contributed by atoms with Crippen molar-refractivity contribution in [3.05, 3.63) is 59.1 Å². The summed E-state index contributed by atoms with van der Waals surface area (Å²) in [6.45, 7) is 3.00. The van der Waals surface area contributed by atoms with Crippen molar-refractivity contribution >= 4 is 23.2 Å². The maximum Gasteiger partial charge on any atom is 0.254 e. The molecule has 1 aliphatic heterocycles. The van der Waals surface area contributed by atoms with Crippen LogP contribution >= 0.6 is 11.6 Å². The number of carbonyl (C=O) groups is 1. The lowest BCUT2D eigenvalue weighted by molar-refractivity contribution is 0.0746. The number of nitrogens with zero attached hydrogens (tertiary/aromatic N) is 2. The van der Waals surface area contributed by atoms with E-state index < -0.39 is 0 Å². The van der Waals surface area contributed by atoms with Crippen molar-refractivity contribution in [2.45, 2.75) is 0 Å². The number of halogens is 1. The van der Waals surface area contributed by atoms with Crippen molar-refractivity contribution < 1.29 is 9.53 Å². The zero-order chi connectivity index (χ0) is 16.2. The van der Waals surface area contributed by atoms with E-state index in [2.05, 4.69) is 4.90 Å². The molecule has 0 aromatic heterocycles. The predicted octanol–water partition coefficient (Wildman–Crippen LogP) is 3.31. The van der Waals surface area contributed by atoms with E-state index in [-0.39, 0.29) is 5.91 Å². The molecule has 0 radical (unpaired) electrons. The second-order valence-electron chi connectivity index (χ2n) is 5.49. The topological polar surface area (TPSA) is 32.8 Å². The largest absolute Gasteiger partial charge is 0.497 e. The Morgan fingerprint density at radius 2 is 1.78 bits per heavy atom. The van der Waals surface area contributed by atoms with Crippen LogP contribution in [-0.2, 0) is 0 Å². The van der Waals surface area contributed by atoms with Crippen LogP contribution in [0, 0.1) is 0 Å². The lowest BCUT2D eigenvalue weighted by Gasteiger charge is -2.36. The number of amides is 1. The molecule has 1 amide bonds. The molecule has 0 aliphatic carbocycles. The number of hydrogen-bond donors (Lipinski definition) is 0. The first-order valence-corrected chi connectivity index (χ1v) is 7.99. The molecule has 1 fully saturated rings. The molecule has 1 aliphatic rings. The highest BCUT2D eigenvalue weighted by Gasteiger charge is 2.22. The lowest BCUT2D eigenvalue weighted by Crippen LogP contribution is -2.48. The summed E-state index contributed by atoms with van der Waals surface area (Å²) in [5.74, 6) is 0.753. The Labute approximate surface area is 141 Å². The molecule has 23 heavy (non-hydrogen) atoms. The second kappa shape index (κ2) is 6.92. The average molecular weight is 331 g/mol. The molecular formula is C18H19ClN2O2. The number of methoxy groups -OCH3 is 1. The maximum absolute atomic E-state index is 12.6. The maximum atomic E-state index is 12.6. The molecule has 4 nitrogen and oxygen atoms in total.